The Morgan fingerprint density at radius 3 is 1.91 bits per heavy atom. The molecule has 0 aromatic heterocycles. The first-order chi connectivity index (χ1) is 16.7. The largest absolute Gasteiger partial charge is 0.494 e. The third kappa shape index (κ3) is 6.09. The van der Waals surface area contributed by atoms with Crippen molar-refractivity contribution in [3.05, 3.63) is 143 Å². The number of rotatable bonds is 10. The van der Waals surface area contributed by atoms with E-state index in [0.29, 0.717) is 18.6 Å². The highest BCUT2D eigenvalue weighted by molar-refractivity contribution is 6.06. The van der Waals surface area contributed by atoms with E-state index in [2.05, 4.69) is 48.5 Å². The zero-order valence-electron chi connectivity index (χ0n) is 19.0. The lowest BCUT2D eigenvalue weighted by Gasteiger charge is -2.19. The van der Waals surface area contributed by atoms with Crippen molar-refractivity contribution in [2.24, 2.45) is 0 Å². The minimum atomic E-state index is -0.00636. The van der Waals surface area contributed by atoms with E-state index in [9.17, 15) is 4.79 Å². The van der Waals surface area contributed by atoms with E-state index in [-0.39, 0.29) is 18.3 Å². The van der Waals surface area contributed by atoms with E-state index in [1.165, 1.54) is 16.7 Å². The van der Waals surface area contributed by atoms with E-state index in [4.69, 9.17) is 9.84 Å². The Hall–Kier alpha value is -3.95. The molecule has 0 aliphatic rings. The summed E-state index contributed by atoms with van der Waals surface area (Å²) in [6, 6.07) is 36.2. The van der Waals surface area contributed by atoms with Crippen LogP contribution in [0.15, 0.2) is 115 Å². The number of benzene rings is 4. The molecule has 0 radical (unpaired) electrons. The Morgan fingerprint density at radius 2 is 1.29 bits per heavy atom. The molecule has 0 bridgehead atoms. The maximum Gasteiger partial charge on any atom is 0.185 e. The van der Waals surface area contributed by atoms with E-state index < -0.39 is 0 Å². The Bertz CT molecular complexity index is 1200. The molecule has 0 saturated carbocycles. The predicted molar refractivity (Wildman–Crippen MR) is 137 cm³/mol. The zero-order chi connectivity index (χ0) is 23.6. The van der Waals surface area contributed by atoms with Crippen LogP contribution in [0, 0.1) is 0 Å². The van der Waals surface area contributed by atoms with E-state index >= 15 is 0 Å². The van der Waals surface area contributed by atoms with Gasteiger partial charge in [-0.25, -0.2) is 0 Å². The lowest BCUT2D eigenvalue weighted by atomic mass is 9.85. The molecule has 0 aliphatic heterocycles. The molecule has 0 heterocycles. The van der Waals surface area contributed by atoms with Crippen molar-refractivity contribution in [1.29, 1.82) is 0 Å². The summed E-state index contributed by atoms with van der Waals surface area (Å²) in [4.78, 5) is 12.4. The summed E-state index contributed by atoms with van der Waals surface area (Å²) in [5.41, 5.74) is 5.21. The molecular formula is C31H28O3. The smallest absolute Gasteiger partial charge is 0.185 e. The predicted octanol–water partition coefficient (Wildman–Crippen LogP) is 6.52. The standard InChI is InChI=1S/C31H28O3/c32-22-7-23-34-29-19-17-28(18-20-29)31(26-10-5-2-6-11-26)27-15-12-24(13-16-27)14-21-30(33)25-8-3-1-4-9-25/h1-6,8-21,31-32H,7,22-23H2. The van der Waals surface area contributed by atoms with Gasteiger partial charge < -0.3 is 9.84 Å². The molecule has 3 nitrogen and oxygen atoms in total. The summed E-state index contributed by atoms with van der Waals surface area (Å²) in [6.07, 6.45) is 4.09. The fourth-order valence-corrected chi connectivity index (χ4v) is 3.90. The number of carbonyl (C=O) groups excluding carboxylic acids is 1. The second-order valence-electron chi connectivity index (χ2n) is 8.07. The molecule has 170 valence electrons. The molecule has 4 aromatic carbocycles. The van der Waals surface area contributed by atoms with Crippen molar-refractivity contribution in [2.75, 3.05) is 13.2 Å². The average molecular weight is 449 g/mol. The van der Waals surface area contributed by atoms with Crippen LogP contribution in [0.1, 0.15) is 45.0 Å². The fraction of sp³-hybridized carbons (Fsp3) is 0.129. The van der Waals surface area contributed by atoms with Gasteiger partial charge in [-0.3, -0.25) is 4.79 Å². The maximum atomic E-state index is 12.4. The Balaban J connectivity index is 1.55. The average Bonchev–Trinajstić information content (AvgIpc) is 2.90. The monoisotopic (exact) mass is 448 g/mol. The Kier molecular flexibility index (Phi) is 8.04. The Labute approximate surface area is 201 Å². The molecule has 1 unspecified atom stereocenters. The van der Waals surface area contributed by atoms with Gasteiger partial charge in [0, 0.05) is 24.5 Å². The number of hydrogen-bond acceptors (Lipinski definition) is 3. The second kappa shape index (κ2) is 11.8. The van der Waals surface area contributed by atoms with Crippen molar-refractivity contribution in [2.45, 2.75) is 12.3 Å². The van der Waals surface area contributed by atoms with Crippen LogP contribution < -0.4 is 4.74 Å². The van der Waals surface area contributed by atoms with Gasteiger partial charge >= 0.3 is 0 Å². The first kappa shape index (κ1) is 23.2. The van der Waals surface area contributed by atoms with Crippen molar-refractivity contribution in [3.63, 3.8) is 0 Å². The van der Waals surface area contributed by atoms with Crippen molar-refractivity contribution < 1.29 is 14.6 Å². The van der Waals surface area contributed by atoms with Crippen LogP contribution in [0.25, 0.3) is 6.08 Å². The lowest BCUT2D eigenvalue weighted by molar-refractivity contribution is 0.104. The molecule has 1 N–H and O–H groups in total. The zero-order valence-corrected chi connectivity index (χ0v) is 19.0. The van der Waals surface area contributed by atoms with E-state index in [1.807, 2.05) is 66.7 Å². The maximum absolute atomic E-state index is 12.4. The number of carbonyl (C=O) groups is 1. The number of aliphatic hydroxyl groups excluding tert-OH is 1. The third-order valence-electron chi connectivity index (χ3n) is 5.67. The first-order valence-electron chi connectivity index (χ1n) is 11.5. The normalized spacial score (nSPS) is 11.9. The number of allylic oxidation sites excluding steroid dienone is 1. The summed E-state index contributed by atoms with van der Waals surface area (Å²) in [5, 5.41) is 8.94. The highest BCUT2D eigenvalue weighted by Crippen LogP contribution is 2.33. The minimum absolute atomic E-state index is 0.00636. The van der Waals surface area contributed by atoms with Gasteiger partial charge in [0.15, 0.2) is 5.78 Å². The molecule has 1 atom stereocenters. The lowest BCUT2D eigenvalue weighted by Crippen LogP contribution is -2.04. The van der Waals surface area contributed by atoms with Crippen molar-refractivity contribution in [1.82, 2.24) is 0 Å². The van der Waals surface area contributed by atoms with Gasteiger partial charge in [0.2, 0.25) is 0 Å². The van der Waals surface area contributed by atoms with Gasteiger partial charge in [-0.2, -0.15) is 0 Å². The molecule has 0 spiro atoms. The minimum Gasteiger partial charge on any atom is -0.494 e. The SMILES string of the molecule is O=C(C=Cc1ccc(C(c2ccccc2)c2ccc(OCCCO)cc2)cc1)c1ccccc1. The van der Waals surface area contributed by atoms with Crippen LogP contribution in [0.4, 0.5) is 0 Å². The molecule has 4 aromatic rings. The number of ether oxygens (including phenoxy) is 1. The first-order valence-corrected chi connectivity index (χ1v) is 11.5. The van der Waals surface area contributed by atoms with Gasteiger partial charge in [0.05, 0.1) is 6.61 Å². The third-order valence-corrected chi connectivity index (χ3v) is 5.67. The quantitative estimate of drug-likeness (QED) is 0.130. The van der Waals surface area contributed by atoms with Gasteiger partial charge in [0.25, 0.3) is 0 Å². The molecule has 0 fully saturated rings. The van der Waals surface area contributed by atoms with Gasteiger partial charge in [0.1, 0.15) is 5.75 Å². The fourth-order valence-electron chi connectivity index (χ4n) is 3.90. The van der Waals surface area contributed by atoms with Crippen LogP contribution in [-0.2, 0) is 0 Å². The topological polar surface area (TPSA) is 46.5 Å². The van der Waals surface area contributed by atoms with Crippen LogP contribution in [0.3, 0.4) is 0 Å². The molecule has 0 saturated heterocycles. The molecule has 3 heteroatoms. The molecular weight excluding hydrogens is 420 g/mol. The second-order valence-corrected chi connectivity index (χ2v) is 8.07. The van der Waals surface area contributed by atoms with Crippen LogP contribution in [-0.4, -0.2) is 24.1 Å². The van der Waals surface area contributed by atoms with E-state index in [0.717, 1.165) is 11.3 Å². The Morgan fingerprint density at radius 1 is 0.735 bits per heavy atom. The van der Waals surface area contributed by atoms with Gasteiger partial charge in [-0.1, -0.05) is 103 Å². The van der Waals surface area contributed by atoms with Gasteiger partial charge in [-0.05, 0) is 40.5 Å². The van der Waals surface area contributed by atoms with Crippen molar-refractivity contribution in [3.8, 4) is 5.75 Å². The molecule has 0 aliphatic carbocycles. The molecule has 0 amide bonds. The molecule has 4 rings (SSSR count). The van der Waals surface area contributed by atoms with Gasteiger partial charge in [-0.15, -0.1) is 0 Å². The highest BCUT2D eigenvalue weighted by Gasteiger charge is 2.16. The van der Waals surface area contributed by atoms with Crippen LogP contribution in [0.5, 0.6) is 5.75 Å². The number of ketones is 1. The van der Waals surface area contributed by atoms with Crippen molar-refractivity contribution >= 4 is 11.9 Å². The summed E-state index contributed by atoms with van der Waals surface area (Å²) < 4.78 is 5.69. The molecule has 34 heavy (non-hydrogen) atoms. The summed E-state index contributed by atoms with van der Waals surface area (Å²) in [5.74, 6) is 0.873. The number of hydrogen-bond donors (Lipinski definition) is 1. The number of aliphatic hydroxyl groups is 1. The summed E-state index contributed by atoms with van der Waals surface area (Å²) in [6.45, 7) is 0.624. The van der Waals surface area contributed by atoms with E-state index in [1.54, 1.807) is 6.08 Å². The summed E-state index contributed by atoms with van der Waals surface area (Å²) in [7, 11) is 0. The van der Waals surface area contributed by atoms with Crippen LogP contribution >= 0.6 is 0 Å². The highest BCUT2D eigenvalue weighted by atomic mass is 16.5. The van der Waals surface area contributed by atoms with Crippen LogP contribution in [0.2, 0.25) is 0 Å². The summed E-state index contributed by atoms with van der Waals surface area (Å²) >= 11 is 0.